The molecule has 1 aromatic carbocycles. The normalized spacial score (nSPS) is 25.4. The SMILES string of the molecule is CC1(C)C(=O)N(c2ccc(C#N)c(C(F)(F)F)c2)C(=S)N1[C@H]1CC[C@H](OCCN2CCN(CC(=O)O)[C@@H](C(F)(F)F)C2)CC1. The van der Waals surface area contributed by atoms with Crippen LogP contribution in [0.15, 0.2) is 18.2 Å². The summed E-state index contributed by atoms with van der Waals surface area (Å²) in [5.74, 6) is -1.80. The van der Waals surface area contributed by atoms with Crippen LogP contribution in [0.25, 0.3) is 0 Å². The van der Waals surface area contributed by atoms with Gasteiger partial charge in [-0.1, -0.05) is 0 Å². The van der Waals surface area contributed by atoms with Crippen LogP contribution < -0.4 is 4.90 Å². The Bertz CT molecular complexity index is 1310. The van der Waals surface area contributed by atoms with E-state index >= 15 is 0 Å². The van der Waals surface area contributed by atoms with E-state index in [2.05, 4.69) is 0 Å². The molecule has 3 fully saturated rings. The van der Waals surface area contributed by atoms with Gasteiger partial charge in [-0.15, -0.1) is 0 Å². The van der Waals surface area contributed by atoms with Gasteiger partial charge in [0.15, 0.2) is 5.11 Å². The van der Waals surface area contributed by atoms with Crippen molar-refractivity contribution in [1.82, 2.24) is 14.7 Å². The van der Waals surface area contributed by atoms with Crippen molar-refractivity contribution in [2.75, 3.05) is 44.2 Å². The molecule has 1 atom stereocenters. The molecule has 2 aliphatic heterocycles. The van der Waals surface area contributed by atoms with Crippen LogP contribution in [0.3, 0.4) is 0 Å². The highest BCUT2D eigenvalue weighted by atomic mass is 32.1. The molecule has 1 N–H and O–H groups in total. The van der Waals surface area contributed by atoms with Gasteiger partial charge in [0.2, 0.25) is 0 Å². The molecule has 1 amide bonds. The van der Waals surface area contributed by atoms with Gasteiger partial charge in [-0.3, -0.25) is 24.3 Å². The van der Waals surface area contributed by atoms with E-state index in [0.717, 1.165) is 21.9 Å². The van der Waals surface area contributed by atoms with E-state index in [4.69, 9.17) is 27.3 Å². The largest absolute Gasteiger partial charge is 0.480 e. The molecule has 9 nitrogen and oxygen atoms in total. The second kappa shape index (κ2) is 12.8. The zero-order valence-electron chi connectivity index (χ0n) is 24.1. The summed E-state index contributed by atoms with van der Waals surface area (Å²) in [5, 5.41) is 18.1. The Morgan fingerprint density at radius 1 is 1.14 bits per heavy atom. The molecular formula is C28H33F6N5O4S. The lowest BCUT2D eigenvalue weighted by Gasteiger charge is -2.42. The Kier molecular flexibility index (Phi) is 9.84. The summed E-state index contributed by atoms with van der Waals surface area (Å²) in [7, 11) is 0. The first-order valence-corrected chi connectivity index (χ1v) is 14.5. The van der Waals surface area contributed by atoms with Gasteiger partial charge in [-0.2, -0.15) is 31.6 Å². The molecule has 4 rings (SSSR count). The quantitative estimate of drug-likeness (QED) is 0.327. The maximum absolute atomic E-state index is 13.6. The molecule has 242 valence electrons. The van der Waals surface area contributed by atoms with Crippen molar-refractivity contribution in [2.24, 2.45) is 0 Å². The number of carbonyl (C=O) groups excluding carboxylic acids is 1. The fraction of sp³-hybridized carbons (Fsp3) is 0.643. The Hall–Kier alpha value is -3.00. The maximum Gasteiger partial charge on any atom is 0.417 e. The van der Waals surface area contributed by atoms with Crippen LogP contribution in [0.2, 0.25) is 0 Å². The third-order valence-electron chi connectivity index (χ3n) is 8.47. The lowest BCUT2D eigenvalue weighted by atomic mass is 9.89. The zero-order chi connectivity index (χ0) is 32.6. The van der Waals surface area contributed by atoms with Gasteiger partial charge in [0.25, 0.3) is 5.91 Å². The zero-order valence-corrected chi connectivity index (χ0v) is 24.9. The molecule has 0 unspecified atom stereocenters. The van der Waals surface area contributed by atoms with Gasteiger partial charge < -0.3 is 14.7 Å². The number of piperazine rings is 1. The van der Waals surface area contributed by atoms with Crippen molar-refractivity contribution in [3.63, 3.8) is 0 Å². The lowest BCUT2D eigenvalue weighted by molar-refractivity contribution is -0.199. The summed E-state index contributed by atoms with van der Waals surface area (Å²) in [4.78, 5) is 29.8. The van der Waals surface area contributed by atoms with E-state index in [9.17, 15) is 35.9 Å². The third-order valence-corrected chi connectivity index (χ3v) is 8.85. The molecule has 1 saturated carbocycles. The summed E-state index contributed by atoms with van der Waals surface area (Å²) in [6.45, 7) is 2.99. The Morgan fingerprint density at radius 2 is 1.80 bits per heavy atom. The first-order chi connectivity index (χ1) is 20.4. The van der Waals surface area contributed by atoms with Crippen LogP contribution in [0.4, 0.5) is 32.0 Å². The summed E-state index contributed by atoms with van der Waals surface area (Å²) in [5.41, 5.74) is -2.93. The number of amides is 1. The molecule has 0 spiro atoms. The van der Waals surface area contributed by atoms with Crippen molar-refractivity contribution in [2.45, 2.75) is 75.6 Å². The van der Waals surface area contributed by atoms with Crippen LogP contribution in [0.5, 0.6) is 0 Å². The minimum atomic E-state index is -4.80. The average molecular weight is 650 g/mol. The molecule has 2 saturated heterocycles. The summed E-state index contributed by atoms with van der Waals surface area (Å²) in [6.07, 6.45) is -7.22. The number of ether oxygens (including phenoxy) is 1. The maximum atomic E-state index is 13.6. The molecule has 1 aromatic rings. The predicted molar refractivity (Wildman–Crippen MR) is 150 cm³/mol. The number of hydrogen-bond donors (Lipinski definition) is 1. The van der Waals surface area contributed by atoms with Gasteiger partial charge in [0.1, 0.15) is 11.6 Å². The monoisotopic (exact) mass is 649 g/mol. The number of nitriles is 1. The number of alkyl halides is 6. The Balaban J connectivity index is 1.34. The first-order valence-electron chi connectivity index (χ1n) is 14.1. The molecule has 16 heteroatoms. The molecule has 44 heavy (non-hydrogen) atoms. The molecule has 0 aromatic heterocycles. The summed E-state index contributed by atoms with van der Waals surface area (Å²) < 4.78 is 87.3. The highest BCUT2D eigenvalue weighted by molar-refractivity contribution is 7.80. The van der Waals surface area contributed by atoms with Crippen molar-refractivity contribution in [1.29, 1.82) is 5.26 Å². The van der Waals surface area contributed by atoms with Gasteiger partial charge in [0, 0.05) is 32.2 Å². The minimum Gasteiger partial charge on any atom is -0.480 e. The van der Waals surface area contributed by atoms with Gasteiger partial charge >= 0.3 is 18.3 Å². The molecule has 2 heterocycles. The number of hydrogen-bond acceptors (Lipinski definition) is 7. The van der Waals surface area contributed by atoms with Gasteiger partial charge in [-0.05, 0) is 69.9 Å². The number of thiocarbonyl (C=S) groups is 1. The van der Waals surface area contributed by atoms with Crippen molar-refractivity contribution >= 4 is 34.9 Å². The van der Waals surface area contributed by atoms with Crippen LogP contribution in [0.1, 0.15) is 50.7 Å². The third kappa shape index (κ3) is 7.11. The Morgan fingerprint density at radius 3 is 2.36 bits per heavy atom. The fourth-order valence-electron chi connectivity index (χ4n) is 6.23. The van der Waals surface area contributed by atoms with Crippen LogP contribution in [0, 0.1) is 11.3 Å². The highest BCUT2D eigenvalue weighted by Gasteiger charge is 2.53. The number of carboxylic acids is 1. The second-order valence-corrected chi connectivity index (χ2v) is 12.1. The van der Waals surface area contributed by atoms with E-state index in [1.807, 2.05) is 0 Å². The second-order valence-electron chi connectivity index (χ2n) is 11.7. The molecule has 1 aliphatic carbocycles. The van der Waals surface area contributed by atoms with E-state index in [1.54, 1.807) is 23.6 Å². The van der Waals surface area contributed by atoms with Gasteiger partial charge in [-0.25, -0.2) is 0 Å². The van der Waals surface area contributed by atoms with E-state index < -0.39 is 53.5 Å². The lowest BCUT2D eigenvalue weighted by Crippen LogP contribution is -2.60. The predicted octanol–water partition coefficient (Wildman–Crippen LogP) is 4.25. The first kappa shape index (κ1) is 33.9. The van der Waals surface area contributed by atoms with Crippen LogP contribution >= 0.6 is 12.2 Å². The van der Waals surface area contributed by atoms with Gasteiger partial charge in [0.05, 0.1) is 42.1 Å². The molecule has 3 aliphatic rings. The fourth-order valence-corrected chi connectivity index (χ4v) is 6.79. The summed E-state index contributed by atoms with van der Waals surface area (Å²) in [6, 6.07) is 2.51. The molecular weight excluding hydrogens is 616 g/mol. The van der Waals surface area contributed by atoms with Crippen molar-refractivity contribution in [3.05, 3.63) is 29.3 Å². The van der Waals surface area contributed by atoms with E-state index in [1.165, 1.54) is 12.1 Å². The number of nitrogens with zero attached hydrogens (tertiary/aromatic N) is 5. The summed E-state index contributed by atoms with van der Waals surface area (Å²) >= 11 is 5.62. The number of carboxylic acid groups (broad SMARTS) is 1. The highest BCUT2D eigenvalue weighted by Crippen LogP contribution is 2.40. The number of benzene rings is 1. The van der Waals surface area contributed by atoms with Crippen LogP contribution in [-0.2, 0) is 20.5 Å². The smallest absolute Gasteiger partial charge is 0.417 e. The van der Waals surface area contributed by atoms with Crippen molar-refractivity contribution in [3.8, 4) is 6.07 Å². The number of anilines is 1. The molecule has 0 bridgehead atoms. The van der Waals surface area contributed by atoms with Crippen LogP contribution in [-0.4, -0.2) is 106 Å². The average Bonchev–Trinajstić information content (AvgIpc) is 3.11. The van der Waals surface area contributed by atoms with Crippen molar-refractivity contribution < 1.29 is 45.8 Å². The van der Waals surface area contributed by atoms with E-state index in [0.29, 0.717) is 25.7 Å². The molecule has 0 radical (unpaired) electrons. The Labute approximate surface area is 255 Å². The number of carbonyl (C=O) groups is 2. The minimum absolute atomic E-state index is 0.0250. The van der Waals surface area contributed by atoms with E-state index in [-0.39, 0.29) is 55.7 Å². The standard InChI is InChI=1S/C28H33F6N5O4S/c1-26(2)24(42)38(19-4-3-17(14-35)21(13-19)27(29,30)31)25(44)39(26)18-5-7-20(8-6-18)43-12-11-36-9-10-37(16-23(40)41)22(15-36)28(32,33)34/h3-4,13,18,20,22H,5-12,15-16H2,1-2H3,(H,40,41)/t18-,20-,22-/m1/s1. The number of rotatable bonds is 8. The number of aliphatic carboxylic acids is 1. The topological polar surface area (TPSA) is 100 Å². The number of halogens is 6.